The van der Waals surface area contributed by atoms with E-state index in [4.69, 9.17) is 5.73 Å². The van der Waals surface area contributed by atoms with Gasteiger partial charge in [0.05, 0.1) is 17.6 Å². The van der Waals surface area contributed by atoms with Crippen molar-refractivity contribution in [2.75, 3.05) is 29.1 Å². The SMILES string of the molecule is Nc1ccncc1NCC1CCSC1. The molecule has 0 aromatic carbocycles. The minimum absolute atomic E-state index is 0.783. The Morgan fingerprint density at radius 3 is 3.29 bits per heavy atom. The number of pyridine rings is 1. The van der Waals surface area contributed by atoms with Crippen LogP contribution in [0.3, 0.4) is 0 Å². The molecule has 3 nitrogen and oxygen atoms in total. The first kappa shape index (κ1) is 9.65. The van der Waals surface area contributed by atoms with Crippen molar-refractivity contribution in [2.45, 2.75) is 6.42 Å². The van der Waals surface area contributed by atoms with Gasteiger partial charge in [0.15, 0.2) is 0 Å². The van der Waals surface area contributed by atoms with Crippen molar-refractivity contribution >= 4 is 23.1 Å². The minimum atomic E-state index is 0.783. The van der Waals surface area contributed by atoms with Gasteiger partial charge in [-0.15, -0.1) is 0 Å². The highest BCUT2D eigenvalue weighted by Crippen LogP contribution is 2.24. The van der Waals surface area contributed by atoms with E-state index in [1.165, 1.54) is 17.9 Å². The van der Waals surface area contributed by atoms with E-state index < -0.39 is 0 Å². The molecular formula is C10H15N3S. The van der Waals surface area contributed by atoms with Gasteiger partial charge < -0.3 is 11.1 Å². The molecule has 1 aromatic rings. The number of nitrogens with zero attached hydrogens (tertiary/aromatic N) is 1. The first-order valence-corrected chi connectivity index (χ1v) is 6.03. The third-order valence-corrected chi connectivity index (χ3v) is 3.69. The number of hydrogen-bond acceptors (Lipinski definition) is 4. The summed E-state index contributed by atoms with van der Waals surface area (Å²) in [4.78, 5) is 4.04. The van der Waals surface area contributed by atoms with Gasteiger partial charge in [0.25, 0.3) is 0 Å². The van der Waals surface area contributed by atoms with E-state index in [0.29, 0.717) is 0 Å². The van der Waals surface area contributed by atoms with Crippen LogP contribution in [0.5, 0.6) is 0 Å². The van der Waals surface area contributed by atoms with Crippen molar-refractivity contribution in [3.8, 4) is 0 Å². The lowest BCUT2D eigenvalue weighted by atomic mass is 10.1. The van der Waals surface area contributed by atoms with Crippen LogP contribution in [0.4, 0.5) is 11.4 Å². The molecule has 1 fully saturated rings. The van der Waals surface area contributed by atoms with E-state index in [0.717, 1.165) is 23.8 Å². The molecule has 1 unspecified atom stereocenters. The Bertz CT molecular complexity index is 297. The summed E-state index contributed by atoms with van der Waals surface area (Å²) in [6, 6.07) is 1.83. The lowest BCUT2D eigenvalue weighted by Gasteiger charge is -2.12. The predicted octanol–water partition coefficient (Wildman–Crippen LogP) is 1.83. The van der Waals surface area contributed by atoms with E-state index in [1.807, 2.05) is 17.8 Å². The first-order chi connectivity index (χ1) is 6.86. The average Bonchev–Trinajstić information content (AvgIpc) is 2.69. The topological polar surface area (TPSA) is 50.9 Å². The molecule has 0 radical (unpaired) electrons. The van der Waals surface area contributed by atoms with Gasteiger partial charge in [0.2, 0.25) is 0 Å². The van der Waals surface area contributed by atoms with Crippen LogP contribution in [0.25, 0.3) is 0 Å². The van der Waals surface area contributed by atoms with Crippen LogP contribution < -0.4 is 11.1 Å². The van der Waals surface area contributed by atoms with E-state index in [1.54, 1.807) is 12.4 Å². The maximum Gasteiger partial charge on any atom is 0.0760 e. The molecule has 1 aliphatic rings. The summed E-state index contributed by atoms with van der Waals surface area (Å²) >= 11 is 2.03. The van der Waals surface area contributed by atoms with Gasteiger partial charge in [-0.05, 0) is 29.9 Å². The molecular weight excluding hydrogens is 194 g/mol. The number of thioether (sulfide) groups is 1. The highest BCUT2D eigenvalue weighted by Gasteiger charge is 2.15. The van der Waals surface area contributed by atoms with Crippen molar-refractivity contribution in [2.24, 2.45) is 5.92 Å². The maximum absolute atomic E-state index is 5.80. The molecule has 2 heterocycles. The fraction of sp³-hybridized carbons (Fsp3) is 0.500. The summed E-state index contributed by atoms with van der Waals surface area (Å²) in [5.74, 6) is 3.36. The van der Waals surface area contributed by atoms with Crippen molar-refractivity contribution in [3.63, 3.8) is 0 Å². The van der Waals surface area contributed by atoms with Crippen LogP contribution in [0.2, 0.25) is 0 Å². The zero-order valence-corrected chi connectivity index (χ0v) is 8.89. The van der Waals surface area contributed by atoms with Crippen LogP contribution in [-0.2, 0) is 0 Å². The van der Waals surface area contributed by atoms with Crippen LogP contribution in [0.1, 0.15) is 6.42 Å². The van der Waals surface area contributed by atoms with Crippen LogP contribution in [-0.4, -0.2) is 23.0 Å². The molecule has 0 aliphatic carbocycles. The summed E-state index contributed by atoms with van der Waals surface area (Å²) in [6.07, 6.45) is 4.82. The highest BCUT2D eigenvalue weighted by molar-refractivity contribution is 7.99. The molecule has 1 aromatic heterocycles. The van der Waals surface area contributed by atoms with Gasteiger partial charge in [-0.3, -0.25) is 4.98 Å². The molecule has 0 spiro atoms. The standard InChI is InChI=1S/C10H15N3S/c11-9-1-3-12-6-10(9)13-5-8-2-4-14-7-8/h1,3,6,8,13H,2,4-5,7H2,(H2,11,12). The molecule has 76 valence electrons. The predicted molar refractivity (Wildman–Crippen MR) is 62.6 cm³/mol. The third-order valence-electron chi connectivity index (χ3n) is 2.46. The Hall–Kier alpha value is -0.900. The molecule has 1 atom stereocenters. The van der Waals surface area contributed by atoms with Crippen molar-refractivity contribution in [3.05, 3.63) is 18.5 Å². The monoisotopic (exact) mass is 209 g/mol. The van der Waals surface area contributed by atoms with Gasteiger partial charge in [-0.2, -0.15) is 11.8 Å². The van der Waals surface area contributed by atoms with Crippen LogP contribution in [0, 0.1) is 5.92 Å². The van der Waals surface area contributed by atoms with E-state index in [9.17, 15) is 0 Å². The zero-order chi connectivity index (χ0) is 9.80. The lowest BCUT2D eigenvalue weighted by Crippen LogP contribution is -2.14. The number of anilines is 2. The van der Waals surface area contributed by atoms with Gasteiger partial charge in [0, 0.05) is 12.7 Å². The second-order valence-electron chi connectivity index (χ2n) is 3.57. The van der Waals surface area contributed by atoms with Crippen molar-refractivity contribution in [1.29, 1.82) is 0 Å². The number of rotatable bonds is 3. The average molecular weight is 209 g/mol. The smallest absolute Gasteiger partial charge is 0.0760 e. The van der Waals surface area contributed by atoms with E-state index in [-0.39, 0.29) is 0 Å². The van der Waals surface area contributed by atoms with Crippen molar-refractivity contribution in [1.82, 2.24) is 4.98 Å². The maximum atomic E-state index is 5.80. The largest absolute Gasteiger partial charge is 0.397 e. The Kier molecular flexibility index (Phi) is 3.14. The molecule has 1 saturated heterocycles. The molecule has 2 rings (SSSR count). The third kappa shape index (κ3) is 2.32. The Labute approximate surface area is 88.5 Å². The Balaban J connectivity index is 1.88. The van der Waals surface area contributed by atoms with Crippen LogP contribution in [0.15, 0.2) is 18.5 Å². The molecule has 0 saturated carbocycles. The molecule has 4 heteroatoms. The lowest BCUT2D eigenvalue weighted by molar-refractivity contribution is 0.632. The van der Waals surface area contributed by atoms with Gasteiger partial charge >= 0.3 is 0 Å². The molecule has 14 heavy (non-hydrogen) atoms. The number of nitrogen functional groups attached to an aromatic ring is 1. The minimum Gasteiger partial charge on any atom is -0.397 e. The van der Waals surface area contributed by atoms with E-state index >= 15 is 0 Å². The number of aromatic nitrogens is 1. The van der Waals surface area contributed by atoms with Gasteiger partial charge in [-0.1, -0.05) is 0 Å². The summed E-state index contributed by atoms with van der Waals surface area (Å²) in [5, 5.41) is 3.35. The number of hydrogen-bond donors (Lipinski definition) is 2. The summed E-state index contributed by atoms with van der Waals surface area (Å²) in [5.41, 5.74) is 7.54. The molecule has 0 bridgehead atoms. The molecule has 0 amide bonds. The number of nitrogens with two attached hydrogens (primary N) is 1. The number of nitrogens with one attached hydrogen (secondary N) is 1. The fourth-order valence-electron chi connectivity index (χ4n) is 1.55. The summed E-state index contributed by atoms with van der Waals surface area (Å²) in [7, 11) is 0. The van der Waals surface area contributed by atoms with Gasteiger partial charge in [-0.25, -0.2) is 0 Å². The Morgan fingerprint density at radius 2 is 2.57 bits per heavy atom. The fourth-order valence-corrected chi connectivity index (χ4v) is 2.84. The van der Waals surface area contributed by atoms with E-state index in [2.05, 4.69) is 10.3 Å². The second kappa shape index (κ2) is 4.55. The normalized spacial score (nSPS) is 21.0. The zero-order valence-electron chi connectivity index (χ0n) is 8.07. The molecule has 1 aliphatic heterocycles. The van der Waals surface area contributed by atoms with Crippen molar-refractivity contribution < 1.29 is 0 Å². The van der Waals surface area contributed by atoms with Gasteiger partial charge in [0.1, 0.15) is 0 Å². The second-order valence-corrected chi connectivity index (χ2v) is 4.72. The summed E-state index contributed by atoms with van der Waals surface area (Å²) in [6.45, 7) is 1.02. The highest BCUT2D eigenvalue weighted by atomic mass is 32.2. The molecule has 3 N–H and O–H groups in total. The van der Waals surface area contributed by atoms with Crippen LogP contribution >= 0.6 is 11.8 Å². The first-order valence-electron chi connectivity index (χ1n) is 4.87. The Morgan fingerprint density at radius 1 is 1.64 bits per heavy atom. The summed E-state index contributed by atoms with van der Waals surface area (Å²) < 4.78 is 0. The quantitative estimate of drug-likeness (QED) is 0.797.